The van der Waals surface area contributed by atoms with Gasteiger partial charge in [-0.15, -0.1) is 0 Å². The number of aliphatic carboxylic acids is 1. The van der Waals surface area contributed by atoms with Gasteiger partial charge < -0.3 is 5.11 Å². The minimum atomic E-state index is -0.662. The van der Waals surface area contributed by atoms with Crippen LogP contribution >= 0.6 is 11.6 Å². The lowest BCUT2D eigenvalue weighted by molar-refractivity contribution is -0.144. The second kappa shape index (κ2) is 5.98. The highest BCUT2D eigenvalue weighted by Gasteiger charge is 2.49. The standard InChI is InChI=1S/C17H22ClNO2/c1-2-15(11-5-3-7-13(18)9-11)19-10-12-6-4-8-14(12)16(19)17(20)21/h3,5,7,9,12,14-16H,2,4,6,8,10H2,1H3,(H,20,21). The summed E-state index contributed by atoms with van der Waals surface area (Å²) in [5.41, 5.74) is 1.14. The predicted molar refractivity (Wildman–Crippen MR) is 83.4 cm³/mol. The molecule has 4 unspecified atom stereocenters. The number of carboxylic acids is 1. The molecule has 0 amide bonds. The van der Waals surface area contributed by atoms with Gasteiger partial charge in [0.15, 0.2) is 0 Å². The SMILES string of the molecule is CCC(c1cccc(Cl)c1)N1CC2CCCC2C1C(=O)O. The smallest absolute Gasteiger partial charge is 0.321 e. The third-order valence-electron chi connectivity index (χ3n) is 5.20. The van der Waals surface area contributed by atoms with Gasteiger partial charge >= 0.3 is 5.97 Å². The third kappa shape index (κ3) is 2.69. The lowest BCUT2D eigenvalue weighted by atomic mass is 9.93. The van der Waals surface area contributed by atoms with E-state index in [4.69, 9.17) is 11.6 Å². The van der Waals surface area contributed by atoms with Crippen LogP contribution in [0.4, 0.5) is 0 Å². The average Bonchev–Trinajstić information content (AvgIpc) is 2.99. The van der Waals surface area contributed by atoms with Crippen molar-refractivity contribution in [1.29, 1.82) is 0 Å². The molecule has 114 valence electrons. The molecular formula is C17H22ClNO2. The molecule has 0 aromatic heterocycles. The Balaban J connectivity index is 1.91. The van der Waals surface area contributed by atoms with Gasteiger partial charge in [-0.25, -0.2) is 0 Å². The summed E-state index contributed by atoms with van der Waals surface area (Å²) >= 11 is 6.11. The van der Waals surface area contributed by atoms with Crippen molar-refractivity contribution in [3.63, 3.8) is 0 Å². The number of hydrogen-bond donors (Lipinski definition) is 1. The van der Waals surface area contributed by atoms with Gasteiger partial charge in [0.1, 0.15) is 6.04 Å². The number of fused-ring (bicyclic) bond motifs is 1. The molecule has 1 saturated heterocycles. The second-order valence-electron chi connectivity index (χ2n) is 6.31. The fraction of sp³-hybridized carbons (Fsp3) is 0.588. The summed E-state index contributed by atoms with van der Waals surface area (Å²) < 4.78 is 0. The molecule has 1 aliphatic carbocycles. The summed E-state index contributed by atoms with van der Waals surface area (Å²) in [7, 11) is 0. The lowest BCUT2D eigenvalue weighted by Crippen LogP contribution is -2.41. The van der Waals surface area contributed by atoms with Crippen LogP contribution in [-0.4, -0.2) is 28.6 Å². The zero-order valence-electron chi connectivity index (χ0n) is 12.3. The van der Waals surface area contributed by atoms with E-state index in [0.29, 0.717) is 11.8 Å². The van der Waals surface area contributed by atoms with Crippen LogP contribution in [0, 0.1) is 11.8 Å². The Kier molecular flexibility index (Phi) is 4.23. The van der Waals surface area contributed by atoms with Crippen molar-refractivity contribution < 1.29 is 9.90 Å². The number of nitrogens with zero attached hydrogens (tertiary/aromatic N) is 1. The first-order chi connectivity index (χ1) is 10.1. The first kappa shape index (κ1) is 14.9. The Hall–Kier alpha value is -1.06. The van der Waals surface area contributed by atoms with Gasteiger partial charge in [-0.05, 0) is 48.8 Å². The molecule has 0 radical (unpaired) electrons. The van der Waals surface area contributed by atoms with Crippen molar-refractivity contribution in [1.82, 2.24) is 4.90 Å². The lowest BCUT2D eigenvalue weighted by Gasteiger charge is -2.32. The molecule has 0 spiro atoms. The molecule has 1 saturated carbocycles. The van der Waals surface area contributed by atoms with Gasteiger partial charge in [-0.3, -0.25) is 9.69 Å². The molecule has 1 aromatic carbocycles. The Labute approximate surface area is 130 Å². The largest absolute Gasteiger partial charge is 0.480 e. The third-order valence-corrected chi connectivity index (χ3v) is 5.43. The van der Waals surface area contributed by atoms with Gasteiger partial charge in [-0.2, -0.15) is 0 Å². The molecule has 3 nitrogen and oxygen atoms in total. The molecule has 2 aliphatic rings. The summed E-state index contributed by atoms with van der Waals surface area (Å²) in [5.74, 6) is 0.222. The molecule has 1 aromatic rings. The topological polar surface area (TPSA) is 40.5 Å². The van der Waals surface area contributed by atoms with Crippen molar-refractivity contribution in [3.8, 4) is 0 Å². The minimum absolute atomic E-state index is 0.149. The maximum Gasteiger partial charge on any atom is 0.321 e. The molecule has 4 heteroatoms. The van der Waals surface area contributed by atoms with Crippen LogP contribution in [0.15, 0.2) is 24.3 Å². The molecule has 21 heavy (non-hydrogen) atoms. The predicted octanol–water partition coefficient (Wildman–Crippen LogP) is 3.98. The number of hydrogen-bond acceptors (Lipinski definition) is 2. The van der Waals surface area contributed by atoms with Gasteiger partial charge in [-0.1, -0.05) is 37.1 Å². The van der Waals surface area contributed by atoms with E-state index in [1.807, 2.05) is 18.2 Å². The first-order valence-corrected chi connectivity index (χ1v) is 8.23. The number of benzene rings is 1. The summed E-state index contributed by atoms with van der Waals surface area (Å²) in [5, 5.41) is 10.4. The molecule has 1 N–H and O–H groups in total. The second-order valence-corrected chi connectivity index (χ2v) is 6.75. The van der Waals surface area contributed by atoms with Crippen molar-refractivity contribution in [2.24, 2.45) is 11.8 Å². The van der Waals surface area contributed by atoms with Crippen LogP contribution in [0.2, 0.25) is 5.02 Å². The fourth-order valence-electron chi connectivity index (χ4n) is 4.36. The van der Waals surface area contributed by atoms with Gasteiger partial charge in [0, 0.05) is 17.6 Å². The number of carboxylic acid groups (broad SMARTS) is 1. The summed E-state index contributed by atoms with van der Waals surface area (Å²) in [6.07, 6.45) is 4.32. The van der Waals surface area contributed by atoms with E-state index >= 15 is 0 Å². The molecular weight excluding hydrogens is 286 g/mol. The normalized spacial score (nSPS) is 30.3. The summed E-state index contributed by atoms with van der Waals surface area (Å²) in [6.45, 7) is 3.03. The number of carbonyl (C=O) groups is 1. The van der Waals surface area contributed by atoms with Crippen molar-refractivity contribution in [2.75, 3.05) is 6.54 Å². The monoisotopic (exact) mass is 307 g/mol. The van der Waals surface area contributed by atoms with Crippen LogP contribution in [0.5, 0.6) is 0 Å². The van der Waals surface area contributed by atoms with E-state index in [2.05, 4.69) is 17.9 Å². The fourth-order valence-corrected chi connectivity index (χ4v) is 4.56. The zero-order chi connectivity index (χ0) is 15.0. The maximum absolute atomic E-state index is 11.8. The Morgan fingerprint density at radius 1 is 1.48 bits per heavy atom. The van der Waals surface area contributed by atoms with E-state index in [1.54, 1.807) is 0 Å². The van der Waals surface area contributed by atoms with Crippen LogP contribution in [0.25, 0.3) is 0 Å². The number of likely N-dealkylation sites (tertiary alicyclic amines) is 1. The van der Waals surface area contributed by atoms with Crippen molar-refractivity contribution in [2.45, 2.75) is 44.7 Å². The first-order valence-electron chi connectivity index (χ1n) is 7.85. The summed E-state index contributed by atoms with van der Waals surface area (Å²) in [6, 6.07) is 7.67. The molecule has 1 heterocycles. The van der Waals surface area contributed by atoms with Crippen molar-refractivity contribution >= 4 is 17.6 Å². The average molecular weight is 308 g/mol. The molecule has 2 fully saturated rings. The Morgan fingerprint density at radius 3 is 2.95 bits per heavy atom. The zero-order valence-corrected chi connectivity index (χ0v) is 13.1. The van der Waals surface area contributed by atoms with Crippen LogP contribution in [-0.2, 0) is 4.79 Å². The van der Waals surface area contributed by atoms with E-state index < -0.39 is 5.97 Å². The number of halogens is 1. The highest BCUT2D eigenvalue weighted by atomic mass is 35.5. The van der Waals surface area contributed by atoms with Gasteiger partial charge in [0.05, 0.1) is 0 Å². The number of rotatable bonds is 4. The quantitative estimate of drug-likeness (QED) is 0.915. The Morgan fingerprint density at radius 2 is 2.29 bits per heavy atom. The summed E-state index contributed by atoms with van der Waals surface area (Å²) in [4.78, 5) is 14.0. The van der Waals surface area contributed by atoms with E-state index in [9.17, 15) is 9.90 Å². The minimum Gasteiger partial charge on any atom is -0.480 e. The highest BCUT2D eigenvalue weighted by molar-refractivity contribution is 6.30. The molecule has 3 rings (SSSR count). The molecule has 1 aliphatic heterocycles. The Bertz CT molecular complexity index is 533. The highest BCUT2D eigenvalue weighted by Crippen LogP contribution is 2.46. The van der Waals surface area contributed by atoms with E-state index in [1.165, 1.54) is 12.8 Å². The van der Waals surface area contributed by atoms with Crippen molar-refractivity contribution in [3.05, 3.63) is 34.9 Å². The van der Waals surface area contributed by atoms with E-state index in [0.717, 1.165) is 30.0 Å². The van der Waals surface area contributed by atoms with Gasteiger partial charge in [0.2, 0.25) is 0 Å². The molecule has 0 bridgehead atoms. The van der Waals surface area contributed by atoms with Crippen LogP contribution in [0.1, 0.15) is 44.2 Å². The maximum atomic E-state index is 11.8. The van der Waals surface area contributed by atoms with E-state index in [-0.39, 0.29) is 12.1 Å². The molecule has 4 atom stereocenters. The van der Waals surface area contributed by atoms with Gasteiger partial charge in [0.25, 0.3) is 0 Å². The van der Waals surface area contributed by atoms with Crippen LogP contribution < -0.4 is 0 Å². The van der Waals surface area contributed by atoms with Crippen LogP contribution in [0.3, 0.4) is 0 Å².